The summed E-state index contributed by atoms with van der Waals surface area (Å²) in [6.45, 7) is 18.5. The molecule has 57 heavy (non-hydrogen) atoms. The van der Waals surface area contributed by atoms with E-state index in [0.29, 0.717) is 6.42 Å². The van der Waals surface area contributed by atoms with Gasteiger partial charge in [0.1, 0.15) is 18.3 Å². The van der Waals surface area contributed by atoms with Crippen molar-refractivity contribution in [2.75, 3.05) is 27.8 Å². The maximum Gasteiger partial charge on any atom is 0.311 e. The molecule has 326 valence electrons. The van der Waals surface area contributed by atoms with Crippen LogP contribution in [-0.4, -0.2) is 142 Å². The van der Waals surface area contributed by atoms with Gasteiger partial charge in [-0.1, -0.05) is 27.7 Å². The monoisotopic (exact) mass is 813 g/mol. The normalized spacial score (nSPS) is 43.5. The van der Waals surface area contributed by atoms with Crippen molar-refractivity contribution in [3.8, 4) is 0 Å². The van der Waals surface area contributed by atoms with E-state index in [1.807, 2.05) is 39.8 Å². The number of carbonyl (C=O) groups is 5. The van der Waals surface area contributed by atoms with Crippen LogP contribution < -0.4 is 0 Å². The van der Waals surface area contributed by atoms with Gasteiger partial charge in [-0.25, -0.2) is 0 Å². The van der Waals surface area contributed by atoms with E-state index >= 15 is 0 Å². The van der Waals surface area contributed by atoms with E-state index in [4.69, 9.17) is 47.4 Å². The molecule has 0 N–H and O–H groups in total. The van der Waals surface area contributed by atoms with Gasteiger partial charge in [-0.2, -0.15) is 0 Å². The number of ether oxygens (including phenoxy) is 10. The zero-order valence-corrected chi connectivity index (χ0v) is 36.2. The lowest BCUT2D eigenvalue weighted by Crippen LogP contribution is -2.58. The first-order valence-electron chi connectivity index (χ1n) is 20.3. The van der Waals surface area contributed by atoms with Crippen molar-refractivity contribution in [1.82, 2.24) is 4.90 Å². The lowest BCUT2D eigenvalue weighted by Gasteiger charge is -2.46. The molecule has 0 aromatic heterocycles. The molecule has 1 unspecified atom stereocenters. The van der Waals surface area contributed by atoms with E-state index in [1.165, 1.54) is 27.9 Å². The van der Waals surface area contributed by atoms with Gasteiger partial charge in [0.2, 0.25) is 0 Å². The molecule has 16 nitrogen and oxygen atoms in total. The fourth-order valence-corrected chi connectivity index (χ4v) is 8.93. The Balaban J connectivity index is 1.82. The Hall–Kier alpha value is -2.73. The van der Waals surface area contributed by atoms with Crippen LogP contribution in [0, 0.1) is 29.6 Å². The van der Waals surface area contributed by atoms with E-state index in [2.05, 4.69) is 0 Å². The quantitative estimate of drug-likeness (QED) is 0.187. The molecule has 16 heteroatoms. The first-order chi connectivity index (χ1) is 26.6. The number of hydrogen-bond acceptors (Lipinski definition) is 16. The highest BCUT2D eigenvalue weighted by atomic mass is 16.7. The van der Waals surface area contributed by atoms with Crippen LogP contribution in [0.2, 0.25) is 0 Å². The highest BCUT2D eigenvalue weighted by molar-refractivity contribution is 5.92. The maximum absolute atomic E-state index is 14.4. The van der Waals surface area contributed by atoms with Crippen molar-refractivity contribution in [2.24, 2.45) is 29.6 Å². The Morgan fingerprint density at radius 2 is 1.28 bits per heavy atom. The van der Waals surface area contributed by atoms with Gasteiger partial charge in [0, 0.05) is 46.1 Å². The number of Topliss-reactive ketones (excluding diaryl/α,β-unsaturated/α-hetero) is 1. The van der Waals surface area contributed by atoms with E-state index in [-0.39, 0.29) is 37.4 Å². The molecule has 4 saturated heterocycles. The molecule has 0 aromatic carbocycles. The van der Waals surface area contributed by atoms with Crippen LogP contribution in [0.25, 0.3) is 0 Å². The molecule has 4 aliphatic rings. The van der Waals surface area contributed by atoms with Crippen molar-refractivity contribution in [1.29, 1.82) is 0 Å². The fourth-order valence-electron chi connectivity index (χ4n) is 8.93. The summed E-state index contributed by atoms with van der Waals surface area (Å²) in [5.41, 5.74) is -1.19. The lowest BCUT2D eigenvalue weighted by atomic mass is 9.76. The van der Waals surface area contributed by atoms with Crippen LogP contribution in [0.5, 0.6) is 0 Å². The summed E-state index contributed by atoms with van der Waals surface area (Å²) in [5.74, 6) is -5.69. The van der Waals surface area contributed by atoms with Crippen LogP contribution in [0.3, 0.4) is 0 Å². The molecule has 1 spiro atoms. The molecule has 18 atom stereocenters. The average Bonchev–Trinajstić information content (AvgIpc) is 3.91. The lowest BCUT2D eigenvalue weighted by molar-refractivity contribution is -0.301. The zero-order chi connectivity index (χ0) is 42.7. The second kappa shape index (κ2) is 19.6. The summed E-state index contributed by atoms with van der Waals surface area (Å²) in [6, 6.07) is -0.247. The number of nitrogens with zero attached hydrogens (tertiary/aromatic N) is 1. The minimum Gasteiger partial charge on any atom is -0.462 e. The van der Waals surface area contributed by atoms with Crippen LogP contribution in [0.4, 0.5) is 0 Å². The predicted octanol–water partition coefficient (Wildman–Crippen LogP) is 3.62. The first kappa shape index (κ1) is 47.0. The molecule has 0 amide bonds. The molecule has 4 fully saturated rings. The fraction of sp³-hybridized carbons (Fsp3) is 0.878. The van der Waals surface area contributed by atoms with E-state index in [0.717, 1.165) is 0 Å². The smallest absolute Gasteiger partial charge is 0.311 e. The van der Waals surface area contributed by atoms with Gasteiger partial charge < -0.3 is 52.3 Å². The van der Waals surface area contributed by atoms with Gasteiger partial charge >= 0.3 is 23.9 Å². The zero-order valence-electron chi connectivity index (χ0n) is 36.2. The molecule has 0 aromatic rings. The maximum atomic E-state index is 14.4. The van der Waals surface area contributed by atoms with Gasteiger partial charge in [-0.05, 0) is 60.5 Å². The number of methoxy groups -OCH3 is 1. The van der Waals surface area contributed by atoms with Crippen molar-refractivity contribution in [2.45, 2.75) is 175 Å². The first-order valence-corrected chi connectivity index (χ1v) is 20.3. The largest absolute Gasteiger partial charge is 0.462 e. The van der Waals surface area contributed by atoms with Crippen LogP contribution in [-0.2, 0) is 71.3 Å². The minimum absolute atomic E-state index is 0.162. The second-order valence-electron chi connectivity index (χ2n) is 17.1. The van der Waals surface area contributed by atoms with E-state index in [1.54, 1.807) is 34.6 Å². The number of carbonyl (C=O) groups excluding carboxylic acids is 5. The molecule has 4 aliphatic heterocycles. The molecule has 0 bridgehead atoms. The van der Waals surface area contributed by atoms with Crippen LogP contribution in [0.1, 0.15) is 95.4 Å². The van der Waals surface area contributed by atoms with Gasteiger partial charge in [-0.15, -0.1) is 0 Å². The molecule has 0 saturated carbocycles. The third kappa shape index (κ3) is 11.3. The summed E-state index contributed by atoms with van der Waals surface area (Å²) < 4.78 is 61.5. The molecular weight excluding hydrogens is 746 g/mol. The summed E-state index contributed by atoms with van der Waals surface area (Å²) in [6.07, 6.45) is -7.35. The topological polar surface area (TPSA) is 184 Å². The summed E-state index contributed by atoms with van der Waals surface area (Å²) in [7, 11) is 5.31. The number of esters is 4. The highest BCUT2D eigenvalue weighted by Gasteiger charge is 2.58. The Kier molecular flexibility index (Phi) is 16.1. The highest BCUT2D eigenvalue weighted by Crippen LogP contribution is 2.44. The Bertz CT molecular complexity index is 1420. The molecule has 4 rings (SSSR count). The van der Waals surface area contributed by atoms with Crippen molar-refractivity contribution < 1.29 is 71.3 Å². The van der Waals surface area contributed by atoms with E-state index < -0.39 is 120 Å². The Labute approximate surface area is 337 Å². The van der Waals surface area contributed by atoms with E-state index in [9.17, 15) is 24.0 Å². The Morgan fingerprint density at radius 1 is 0.702 bits per heavy atom. The minimum atomic E-state index is -1.19. The molecule has 0 radical (unpaired) electrons. The van der Waals surface area contributed by atoms with Crippen molar-refractivity contribution >= 4 is 29.7 Å². The van der Waals surface area contributed by atoms with Crippen LogP contribution in [0.15, 0.2) is 0 Å². The molecule has 0 aliphatic carbocycles. The third-order valence-corrected chi connectivity index (χ3v) is 12.2. The van der Waals surface area contributed by atoms with Crippen LogP contribution >= 0.6 is 0 Å². The number of cyclic esters (lactones) is 1. The third-order valence-electron chi connectivity index (χ3n) is 12.2. The predicted molar refractivity (Wildman–Crippen MR) is 202 cm³/mol. The molecule has 4 heterocycles. The average molecular weight is 814 g/mol. The van der Waals surface area contributed by atoms with Gasteiger partial charge in [0.05, 0.1) is 48.9 Å². The number of likely N-dealkylation sites (N-methyl/N-ethyl adjacent to an activating group) is 1. The number of ketones is 1. The van der Waals surface area contributed by atoms with Gasteiger partial charge in [-0.3, -0.25) is 24.0 Å². The Morgan fingerprint density at radius 3 is 1.82 bits per heavy atom. The summed E-state index contributed by atoms with van der Waals surface area (Å²) in [4.78, 5) is 67.4. The van der Waals surface area contributed by atoms with Gasteiger partial charge in [0.25, 0.3) is 0 Å². The van der Waals surface area contributed by atoms with Crippen molar-refractivity contribution in [3.05, 3.63) is 0 Å². The second-order valence-corrected chi connectivity index (χ2v) is 17.1. The summed E-state index contributed by atoms with van der Waals surface area (Å²) >= 11 is 0. The summed E-state index contributed by atoms with van der Waals surface area (Å²) in [5, 5.41) is 0. The van der Waals surface area contributed by atoms with Crippen molar-refractivity contribution in [3.63, 3.8) is 0 Å². The number of rotatable bonds is 9. The standard InChI is InChI=1S/C41H67NO15/c1-19-17-41(18-49-41)38(46)23(5)34(53-27(9)43)21(3)25(7)52-39(47)24(6)35(56-32-16-31(48-14)36(26(8)51-32)54-28(10)44)22(4)33(19)57-40-37(55-29(11)45)30(42(12)13)15-20(2)50-40/h19-26,30-37,40H,15-18H2,1-14H3/t19-,20+,21-,22+,23+,24+,25+,26-,30-,31-,32-,33-,34-,35?,36-,37+,40-,41+/m1/s1. The number of hydrogen-bond donors (Lipinski definition) is 0. The molecular formula is C41H67NO15. The SMILES string of the molecule is CO[C@@H]1C[C@@H](OC2[C@H](C)C(=O)O[C@@H](C)[C@@H](C)[C@@H](OC(C)=O)[C@H](C)C(=O)[C@@]3(CO3)C[C@@H](C)[C@@H](O[C@H]3O[C@@H](C)C[C@@H](N(C)C)[C@@H]3OC(C)=O)[C@@H]2C)O[C@H](C)[C@H]1OC(C)=O. The number of epoxide rings is 1. The van der Waals surface area contributed by atoms with Gasteiger partial charge in [0.15, 0.2) is 36.2 Å².